The Morgan fingerprint density at radius 2 is 2.11 bits per heavy atom. The van der Waals surface area contributed by atoms with Gasteiger partial charge in [-0.1, -0.05) is 0 Å². The van der Waals surface area contributed by atoms with Gasteiger partial charge in [-0.05, 0) is 42.5 Å². The van der Waals surface area contributed by atoms with Crippen molar-refractivity contribution in [3.05, 3.63) is 76.7 Å². The van der Waals surface area contributed by atoms with Crippen molar-refractivity contribution >= 4 is 22.3 Å². The average Bonchev–Trinajstić information content (AvgIpc) is 3.18. The number of ether oxygens (including phenoxy) is 1. The van der Waals surface area contributed by atoms with Gasteiger partial charge in [0.2, 0.25) is 0 Å². The Hall–Kier alpha value is -3.48. The molecule has 0 aliphatic rings. The summed E-state index contributed by atoms with van der Waals surface area (Å²) in [6.45, 7) is 0.0968. The van der Waals surface area contributed by atoms with Crippen LogP contribution in [0.2, 0.25) is 0 Å². The third-order valence-electron chi connectivity index (χ3n) is 4.61. The summed E-state index contributed by atoms with van der Waals surface area (Å²) in [6, 6.07) is 10.6. The molecule has 7 heteroatoms. The van der Waals surface area contributed by atoms with Crippen LogP contribution >= 0.6 is 0 Å². The molecule has 3 aromatic heterocycles. The first-order valence-corrected chi connectivity index (χ1v) is 8.66. The van der Waals surface area contributed by atoms with E-state index in [9.17, 15) is 14.0 Å². The van der Waals surface area contributed by atoms with Gasteiger partial charge in [-0.2, -0.15) is 0 Å². The van der Waals surface area contributed by atoms with Gasteiger partial charge >= 0.3 is 0 Å². The zero-order valence-electron chi connectivity index (χ0n) is 17.8. The number of pyridine rings is 1. The maximum Gasteiger partial charge on any atom is 0.275 e. The number of benzene rings is 1. The van der Waals surface area contributed by atoms with Gasteiger partial charge in [0, 0.05) is 31.3 Å². The van der Waals surface area contributed by atoms with Crippen molar-refractivity contribution in [2.75, 3.05) is 7.04 Å². The fourth-order valence-electron chi connectivity index (χ4n) is 3.25. The molecule has 1 aromatic carbocycles. The van der Waals surface area contributed by atoms with Crippen LogP contribution in [0.15, 0.2) is 59.7 Å². The summed E-state index contributed by atoms with van der Waals surface area (Å²) in [4.78, 5) is 29.4. The molecule has 0 fully saturated rings. The molecule has 28 heavy (non-hydrogen) atoms. The predicted molar refractivity (Wildman–Crippen MR) is 103 cm³/mol. The smallest absolute Gasteiger partial charge is 0.275 e. The molecule has 0 bridgehead atoms. The first kappa shape index (κ1) is 14.6. The molecule has 142 valence electrons. The number of ketones is 1. The second-order valence-corrected chi connectivity index (χ2v) is 6.41. The van der Waals surface area contributed by atoms with E-state index in [1.54, 1.807) is 28.8 Å². The molecule has 0 aliphatic carbocycles. The third-order valence-corrected chi connectivity index (χ3v) is 4.61. The van der Waals surface area contributed by atoms with Crippen molar-refractivity contribution in [1.82, 2.24) is 14.0 Å². The summed E-state index contributed by atoms with van der Waals surface area (Å²) in [6.07, 6.45) is 3.05. The number of carbonyl (C=O) groups excluding carboxylic acids is 1. The normalized spacial score (nSPS) is 13.2. The molecule has 0 radical (unpaired) electrons. The average molecular weight is 382 g/mol. The van der Waals surface area contributed by atoms with E-state index >= 15 is 0 Å². The predicted octanol–water partition coefficient (Wildman–Crippen LogP) is 3.00. The van der Waals surface area contributed by atoms with Crippen molar-refractivity contribution in [2.45, 2.75) is 19.4 Å². The Kier molecular flexibility index (Phi) is 3.78. The Bertz CT molecular complexity index is 1330. The molecular weight excluding hydrogens is 361 g/mol. The van der Waals surface area contributed by atoms with Gasteiger partial charge in [0.15, 0.2) is 0 Å². The van der Waals surface area contributed by atoms with Gasteiger partial charge in [-0.25, -0.2) is 4.39 Å². The van der Waals surface area contributed by atoms with Crippen molar-refractivity contribution in [3.8, 4) is 5.75 Å². The molecule has 0 saturated carbocycles. The van der Waals surface area contributed by atoms with Crippen molar-refractivity contribution < 1.29 is 18.0 Å². The Morgan fingerprint density at radius 3 is 2.89 bits per heavy atom. The fraction of sp³-hybridized carbons (Fsp3) is 0.190. The molecule has 0 spiro atoms. The van der Waals surface area contributed by atoms with Crippen LogP contribution in [-0.2, 0) is 17.8 Å². The number of aryl methyl sites for hydroxylation is 1. The SMILES string of the molecule is [2H]C([2H])([2H])Oc1ccc(CC(=O)CCn2c(=O)c3cccn3c3ccc(F)cc32)nc1. The van der Waals surface area contributed by atoms with Crippen LogP contribution in [0.5, 0.6) is 5.75 Å². The number of fused-ring (bicyclic) bond motifs is 3. The zero-order valence-corrected chi connectivity index (χ0v) is 14.8. The monoisotopic (exact) mass is 382 g/mol. The number of halogens is 1. The maximum absolute atomic E-state index is 13.9. The lowest BCUT2D eigenvalue weighted by atomic mass is 10.1. The lowest BCUT2D eigenvalue weighted by Crippen LogP contribution is -2.24. The summed E-state index contributed by atoms with van der Waals surface area (Å²) < 4.78 is 42.9. The Balaban J connectivity index is 1.52. The van der Waals surface area contributed by atoms with Gasteiger partial charge in [0.05, 0.1) is 28.4 Å². The number of hydrogen-bond acceptors (Lipinski definition) is 4. The molecule has 4 aromatic rings. The van der Waals surface area contributed by atoms with Crippen LogP contribution in [0.3, 0.4) is 0 Å². The summed E-state index contributed by atoms with van der Waals surface area (Å²) >= 11 is 0. The largest absolute Gasteiger partial charge is 0.495 e. The Labute approximate surface area is 164 Å². The van der Waals surface area contributed by atoms with Crippen molar-refractivity contribution in [2.24, 2.45) is 0 Å². The highest BCUT2D eigenvalue weighted by Crippen LogP contribution is 2.17. The van der Waals surface area contributed by atoms with Crippen LogP contribution < -0.4 is 10.3 Å². The van der Waals surface area contributed by atoms with Crippen LogP contribution in [0.1, 0.15) is 16.2 Å². The van der Waals surface area contributed by atoms with Crippen LogP contribution in [-0.4, -0.2) is 26.8 Å². The molecule has 6 nitrogen and oxygen atoms in total. The fourth-order valence-corrected chi connectivity index (χ4v) is 3.25. The maximum atomic E-state index is 13.9. The first-order chi connectivity index (χ1) is 14.7. The van der Waals surface area contributed by atoms with E-state index in [0.29, 0.717) is 22.2 Å². The van der Waals surface area contributed by atoms with E-state index in [1.165, 1.54) is 35.0 Å². The molecular formula is C21H18FN3O3. The highest BCUT2D eigenvalue weighted by atomic mass is 19.1. The summed E-state index contributed by atoms with van der Waals surface area (Å²) in [5, 5.41) is 0. The lowest BCUT2D eigenvalue weighted by Gasteiger charge is -2.12. The van der Waals surface area contributed by atoms with Crippen molar-refractivity contribution in [3.63, 3.8) is 0 Å². The van der Waals surface area contributed by atoms with E-state index in [-0.39, 0.29) is 36.5 Å². The van der Waals surface area contributed by atoms with E-state index in [1.807, 2.05) is 0 Å². The van der Waals surface area contributed by atoms with Gasteiger partial charge in [0.1, 0.15) is 22.9 Å². The lowest BCUT2D eigenvalue weighted by molar-refractivity contribution is -0.118. The minimum atomic E-state index is -2.57. The van der Waals surface area contributed by atoms with Crippen LogP contribution in [0.25, 0.3) is 16.6 Å². The van der Waals surface area contributed by atoms with Gasteiger partial charge in [0.25, 0.3) is 5.56 Å². The van der Waals surface area contributed by atoms with E-state index in [2.05, 4.69) is 4.98 Å². The topological polar surface area (TPSA) is 65.6 Å². The van der Waals surface area contributed by atoms with Crippen LogP contribution in [0, 0.1) is 5.82 Å². The van der Waals surface area contributed by atoms with E-state index < -0.39 is 12.9 Å². The summed E-state index contributed by atoms with van der Waals surface area (Å²) in [5.41, 5.74) is 1.66. The van der Waals surface area contributed by atoms with Gasteiger partial charge < -0.3 is 13.7 Å². The minimum absolute atomic E-state index is 0.0163. The molecule has 4 rings (SSSR count). The van der Waals surface area contributed by atoms with Gasteiger partial charge in [-0.3, -0.25) is 14.6 Å². The number of carbonyl (C=O) groups is 1. The highest BCUT2D eigenvalue weighted by molar-refractivity contribution is 5.82. The van der Waals surface area contributed by atoms with E-state index in [0.717, 1.165) is 0 Å². The standard InChI is InChI=1S/C21H18FN3O3/c1-28-17-6-5-15(23-13-17)12-16(26)8-10-25-20-11-14(22)4-7-18(20)24-9-2-3-19(24)21(25)27/h2-7,9,11,13H,8,10,12H2,1H3/i1D3. The number of hydrogen-bond donors (Lipinski definition) is 0. The number of rotatable bonds is 6. The Morgan fingerprint density at radius 1 is 1.21 bits per heavy atom. The molecule has 3 heterocycles. The number of Topliss-reactive ketones (excluding diaryl/α,β-unsaturated/α-hetero) is 1. The number of nitrogens with zero attached hydrogens (tertiary/aromatic N) is 3. The summed E-state index contributed by atoms with van der Waals surface area (Å²) in [7, 11) is -2.57. The molecule has 0 unspecified atom stereocenters. The van der Waals surface area contributed by atoms with Crippen LogP contribution in [0.4, 0.5) is 4.39 Å². The zero-order chi connectivity index (χ0) is 22.2. The number of aromatic nitrogens is 3. The van der Waals surface area contributed by atoms with E-state index in [4.69, 9.17) is 8.85 Å². The molecule has 0 saturated heterocycles. The molecule has 0 atom stereocenters. The van der Waals surface area contributed by atoms with Crippen molar-refractivity contribution in [1.29, 1.82) is 0 Å². The summed E-state index contributed by atoms with van der Waals surface area (Å²) in [5.74, 6) is -0.553. The molecule has 0 amide bonds. The number of methoxy groups -OCH3 is 1. The quantitative estimate of drug-likeness (QED) is 0.514. The molecule has 0 aliphatic heterocycles. The highest BCUT2D eigenvalue weighted by Gasteiger charge is 2.13. The first-order valence-electron chi connectivity index (χ1n) is 10.2. The van der Waals surface area contributed by atoms with Gasteiger partial charge in [-0.15, -0.1) is 0 Å². The second-order valence-electron chi connectivity index (χ2n) is 6.41. The minimum Gasteiger partial charge on any atom is -0.495 e. The second kappa shape index (κ2) is 7.26. The third kappa shape index (κ3) is 3.26. The molecule has 0 N–H and O–H groups in total.